The van der Waals surface area contributed by atoms with E-state index in [0.29, 0.717) is 28.3 Å². The molecule has 0 aliphatic carbocycles. The van der Waals surface area contributed by atoms with Crippen LogP contribution in [0.15, 0.2) is 69.9 Å². The quantitative estimate of drug-likeness (QED) is 0.229. The van der Waals surface area contributed by atoms with Crippen molar-refractivity contribution in [3.05, 3.63) is 87.5 Å². The van der Waals surface area contributed by atoms with E-state index >= 15 is 0 Å². The third kappa shape index (κ3) is 5.32. The normalized spacial score (nSPS) is 16.1. The van der Waals surface area contributed by atoms with E-state index in [-0.39, 0.29) is 41.5 Å². The van der Waals surface area contributed by atoms with Crippen LogP contribution in [0.25, 0.3) is 6.08 Å². The minimum absolute atomic E-state index is 0.0110. The zero-order chi connectivity index (χ0) is 25.9. The molecular weight excluding hydrogens is 512 g/mol. The fourth-order valence-corrected chi connectivity index (χ4v) is 4.72. The van der Waals surface area contributed by atoms with Crippen LogP contribution in [-0.2, 0) is 21.9 Å². The highest BCUT2D eigenvalue weighted by atomic mass is 32.2. The number of aliphatic imine (C=N–C) groups is 1. The molecule has 190 valence electrons. The van der Waals surface area contributed by atoms with E-state index in [2.05, 4.69) is 9.73 Å². The number of benzene rings is 2. The van der Waals surface area contributed by atoms with Crippen molar-refractivity contribution >= 4 is 40.3 Å². The number of rotatable bonds is 7. The van der Waals surface area contributed by atoms with Crippen molar-refractivity contribution in [1.82, 2.24) is 0 Å². The van der Waals surface area contributed by atoms with Crippen molar-refractivity contribution in [1.29, 1.82) is 0 Å². The first kappa shape index (κ1) is 24.5. The first-order chi connectivity index (χ1) is 17.9. The Bertz CT molecular complexity index is 1390. The van der Waals surface area contributed by atoms with E-state index in [1.165, 1.54) is 53.6 Å². The number of fused-ring (bicyclic) bond motifs is 1. The highest BCUT2D eigenvalue weighted by Gasteiger charge is 2.33. The summed E-state index contributed by atoms with van der Waals surface area (Å²) in [6.07, 6.45) is 2.94. The van der Waals surface area contributed by atoms with E-state index in [1.807, 2.05) is 0 Å². The number of ether oxygens (including phenoxy) is 3. The second kappa shape index (κ2) is 10.4. The topological polar surface area (TPSA) is 117 Å². The number of non-ortho nitro benzene ring substituents is 1. The van der Waals surface area contributed by atoms with Gasteiger partial charge in [-0.05, 0) is 36.4 Å². The van der Waals surface area contributed by atoms with Gasteiger partial charge in [-0.3, -0.25) is 19.8 Å². The van der Waals surface area contributed by atoms with Crippen molar-refractivity contribution < 1.29 is 37.1 Å². The molecule has 0 spiro atoms. The van der Waals surface area contributed by atoms with E-state index in [1.54, 1.807) is 12.1 Å². The van der Waals surface area contributed by atoms with Crippen molar-refractivity contribution in [3.63, 3.8) is 0 Å². The van der Waals surface area contributed by atoms with Crippen LogP contribution in [0.1, 0.15) is 16.9 Å². The van der Waals surface area contributed by atoms with Crippen LogP contribution in [0.3, 0.4) is 0 Å². The molecular formula is C24H17F2N3O7S. The average Bonchev–Trinajstić information content (AvgIpc) is 3.50. The lowest BCUT2D eigenvalue weighted by Crippen LogP contribution is -2.30. The van der Waals surface area contributed by atoms with E-state index in [9.17, 15) is 23.7 Å². The standard InChI is InChI=1S/C24H17F2N3O7S/c25-23(26)36-18-5-3-16(4-6-18)28-22(30)20(10-19-2-1-7-34-19)27-24(28)37-12-15-9-17(29(31)32)8-14-11-33-13-35-21(14)15/h1-10,23H,11-13H2/b20-10+. The molecule has 0 saturated carbocycles. The summed E-state index contributed by atoms with van der Waals surface area (Å²) < 4.78 is 45.6. The Balaban J connectivity index is 1.47. The van der Waals surface area contributed by atoms with Gasteiger partial charge in [0.1, 0.15) is 23.0 Å². The van der Waals surface area contributed by atoms with Gasteiger partial charge in [0.2, 0.25) is 0 Å². The highest BCUT2D eigenvalue weighted by Crippen LogP contribution is 2.37. The van der Waals surface area contributed by atoms with Crippen LogP contribution in [0, 0.1) is 10.1 Å². The van der Waals surface area contributed by atoms with Gasteiger partial charge in [-0.1, -0.05) is 11.8 Å². The zero-order valence-electron chi connectivity index (χ0n) is 18.8. The van der Waals surface area contributed by atoms with Crippen molar-refractivity contribution in [2.45, 2.75) is 19.0 Å². The van der Waals surface area contributed by atoms with Gasteiger partial charge in [0.25, 0.3) is 11.6 Å². The predicted molar refractivity (Wildman–Crippen MR) is 129 cm³/mol. The number of furan rings is 1. The van der Waals surface area contributed by atoms with Gasteiger partial charge in [-0.15, -0.1) is 0 Å². The lowest BCUT2D eigenvalue weighted by Gasteiger charge is -2.21. The maximum Gasteiger partial charge on any atom is 0.387 e. The molecule has 2 aliphatic rings. The SMILES string of the molecule is O=C1/C(=C\c2ccco2)N=C(SCc2cc([N+](=O)[O-])cc3c2OCOC3)N1c1ccc(OC(F)F)cc1. The number of carbonyl (C=O) groups is 1. The van der Waals surface area contributed by atoms with Crippen molar-refractivity contribution in [2.24, 2.45) is 4.99 Å². The van der Waals surface area contributed by atoms with E-state index in [4.69, 9.17) is 13.9 Å². The molecule has 2 aromatic carbocycles. The molecule has 37 heavy (non-hydrogen) atoms. The molecule has 0 fully saturated rings. The molecule has 13 heteroatoms. The summed E-state index contributed by atoms with van der Waals surface area (Å²) in [6, 6.07) is 11.7. The maximum absolute atomic E-state index is 13.3. The fourth-order valence-electron chi connectivity index (χ4n) is 3.74. The first-order valence-electron chi connectivity index (χ1n) is 10.8. The summed E-state index contributed by atoms with van der Waals surface area (Å²) in [4.78, 5) is 30.0. The molecule has 0 saturated heterocycles. The molecule has 0 N–H and O–H groups in total. The fraction of sp³-hybridized carbons (Fsp3) is 0.167. The van der Waals surface area contributed by atoms with Gasteiger partial charge >= 0.3 is 6.61 Å². The van der Waals surface area contributed by atoms with Crippen LogP contribution in [-0.4, -0.2) is 29.4 Å². The lowest BCUT2D eigenvalue weighted by atomic mass is 10.1. The summed E-state index contributed by atoms with van der Waals surface area (Å²) in [6.45, 7) is -2.80. The summed E-state index contributed by atoms with van der Waals surface area (Å²) in [5.41, 5.74) is 1.43. The molecule has 10 nitrogen and oxygen atoms in total. The third-order valence-corrected chi connectivity index (χ3v) is 6.30. The number of nitrogens with zero attached hydrogens (tertiary/aromatic N) is 3. The highest BCUT2D eigenvalue weighted by molar-refractivity contribution is 8.13. The number of alkyl halides is 2. The average molecular weight is 529 g/mol. The Morgan fingerprint density at radius 3 is 2.76 bits per heavy atom. The number of hydrogen-bond donors (Lipinski definition) is 0. The molecule has 1 aromatic heterocycles. The summed E-state index contributed by atoms with van der Waals surface area (Å²) in [5.74, 6) is 0.561. The summed E-state index contributed by atoms with van der Waals surface area (Å²) >= 11 is 1.16. The molecule has 3 aromatic rings. The zero-order valence-corrected chi connectivity index (χ0v) is 19.7. The number of carbonyl (C=O) groups excluding carboxylic acids is 1. The smallest absolute Gasteiger partial charge is 0.387 e. The van der Waals surface area contributed by atoms with Crippen LogP contribution in [0.5, 0.6) is 11.5 Å². The minimum Gasteiger partial charge on any atom is -0.467 e. The largest absolute Gasteiger partial charge is 0.467 e. The number of nitro groups is 1. The molecule has 3 heterocycles. The number of nitro benzene ring substituents is 1. The molecule has 0 bridgehead atoms. The monoisotopic (exact) mass is 529 g/mol. The van der Waals surface area contributed by atoms with Crippen LogP contribution < -0.4 is 14.4 Å². The van der Waals surface area contributed by atoms with Crippen LogP contribution in [0.4, 0.5) is 20.2 Å². The third-order valence-electron chi connectivity index (χ3n) is 5.31. The summed E-state index contributed by atoms with van der Waals surface area (Å²) in [7, 11) is 0. The number of thioether (sulfide) groups is 1. The predicted octanol–water partition coefficient (Wildman–Crippen LogP) is 5.33. The van der Waals surface area contributed by atoms with Gasteiger partial charge in [0, 0.05) is 35.1 Å². The Morgan fingerprint density at radius 1 is 1.24 bits per heavy atom. The van der Waals surface area contributed by atoms with Crippen molar-refractivity contribution in [2.75, 3.05) is 11.7 Å². The van der Waals surface area contributed by atoms with E-state index < -0.39 is 17.4 Å². The molecule has 0 unspecified atom stereocenters. The molecule has 2 aliphatic heterocycles. The maximum atomic E-state index is 13.3. The number of hydrogen-bond acceptors (Lipinski definition) is 9. The Morgan fingerprint density at radius 2 is 2.05 bits per heavy atom. The molecule has 0 atom stereocenters. The second-order valence-electron chi connectivity index (χ2n) is 7.70. The number of halogens is 2. The van der Waals surface area contributed by atoms with E-state index in [0.717, 1.165) is 11.8 Å². The Kier molecular flexibility index (Phi) is 6.88. The second-order valence-corrected chi connectivity index (χ2v) is 8.64. The first-order valence-corrected chi connectivity index (χ1v) is 11.7. The van der Waals surface area contributed by atoms with Crippen molar-refractivity contribution in [3.8, 4) is 11.5 Å². The number of amidine groups is 1. The van der Waals surface area contributed by atoms with Gasteiger partial charge in [0.15, 0.2) is 12.0 Å². The molecule has 1 amide bonds. The molecule has 0 radical (unpaired) electrons. The minimum atomic E-state index is -2.98. The van der Waals surface area contributed by atoms with Gasteiger partial charge in [-0.2, -0.15) is 8.78 Å². The number of anilines is 1. The Hall–Kier alpha value is -4.23. The lowest BCUT2D eigenvalue weighted by molar-refractivity contribution is -0.385. The molecule has 5 rings (SSSR count). The van der Waals surface area contributed by atoms with Crippen LogP contribution in [0.2, 0.25) is 0 Å². The van der Waals surface area contributed by atoms with Gasteiger partial charge in [-0.25, -0.2) is 4.99 Å². The van der Waals surface area contributed by atoms with Crippen LogP contribution >= 0.6 is 11.8 Å². The van der Waals surface area contributed by atoms with Gasteiger partial charge < -0.3 is 18.6 Å². The Labute approximate surface area is 212 Å². The number of amides is 1. The summed E-state index contributed by atoms with van der Waals surface area (Å²) in [5, 5.41) is 11.7. The van der Waals surface area contributed by atoms with Gasteiger partial charge in [0.05, 0.1) is 23.5 Å².